The molecular formula is C14H20N2O3. The van der Waals surface area contributed by atoms with E-state index in [-0.39, 0.29) is 6.61 Å². The van der Waals surface area contributed by atoms with Gasteiger partial charge in [0.15, 0.2) is 0 Å². The normalized spacial score (nSPS) is 13.6. The minimum absolute atomic E-state index is 0.223. The van der Waals surface area contributed by atoms with Crippen molar-refractivity contribution in [1.82, 2.24) is 0 Å². The van der Waals surface area contributed by atoms with E-state index >= 15 is 0 Å². The van der Waals surface area contributed by atoms with E-state index in [1.807, 2.05) is 30.3 Å². The summed E-state index contributed by atoms with van der Waals surface area (Å²) in [7, 11) is 0. The zero-order valence-electron chi connectivity index (χ0n) is 10.8. The molecule has 5 nitrogen and oxygen atoms in total. The number of rotatable bonds is 8. The molecule has 1 aromatic rings. The Hall–Kier alpha value is -1.72. The number of nitrogens with two attached hydrogens (primary N) is 2. The third kappa shape index (κ3) is 6.13. The summed E-state index contributed by atoms with van der Waals surface area (Å²) in [6.45, 7) is 0.223. The van der Waals surface area contributed by atoms with Crippen molar-refractivity contribution in [1.29, 1.82) is 0 Å². The Labute approximate surface area is 112 Å². The van der Waals surface area contributed by atoms with Gasteiger partial charge in [0.05, 0.1) is 6.04 Å². The number of aldehydes is 1. The lowest BCUT2D eigenvalue weighted by Gasteiger charge is -2.12. The molecular weight excluding hydrogens is 244 g/mol. The molecule has 5 heteroatoms. The van der Waals surface area contributed by atoms with Crippen molar-refractivity contribution >= 4 is 12.3 Å². The molecule has 0 aliphatic carbocycles. The first-order valence-corrected chi connectivity index (χ1v) is 6.30. The van der Waals surface area contributed by atoms with Gasteiger partial charge in [-0.05, 0) is 24.8 Å². The van der Waals surface area contributed by atoms with Gasteiger partial charge in [-0.25, -0.2) is 0 Å². The van der Waals surface area contributed by atoms with Crippen molar-refractivity contribution in [3.05, 3.63) is 35.9 Å². The third-order valence-electron chi connectivity index (χ3n) is 2.75. The molecule has 0 radical (unpaired) electrons. The molecule has 0 aromatic heterocycles. The Morgan fingerprint density at radius 2 is 1.89 bits per heavy atom. The van der Waals surface area contributed by atoms with Gasteiger partial charge in [-0.2, -0.15) is 0 Å². The maximum absolute atomic E-state index is 11.6. The van der Waals surface area contributed by atoms with E-state index in [0.717, 1.165) is 5.56 Å². The van der Waals surface area contributed by atoms with E-state index in [1.54, 1.807) is 0 Å². The second-order valence-corrected chi connectivity index (χ2v) is 4.43. The van der Waals surface area contributed by atoms with Gasteiger partial charge in [0.2, 0.25) is 0 Å². The van der Waals surface area contributed by atoms with Crippen LogP contribution in [0.15, 0.2) is 30.3 Å². The van der Waals surface area contributed by atoms with Crippen LogP contribution < -0.4 is 11.5 Å². The fourth-order valence-electron chi connectivity index (χ4n) is 1.60. The highest BCUT2D eigenvalue weighted by Crippen LogP contribution is 2.05. The quantitative estimate of drug-likeness (QED) is 0.533. The van der Waals surface area contributed by atoms with Crippen molar-refractivity contribution in [2.75, 3.05) is 0 Å². The first-order valence-electron chi connectivity index (χ1n) is 6.30. The molecule has 1 rings (SSSR count). The first kappa shape index (κ1) is 15.3. The van der Waals surface area contributed by atoms with Gasteiger partial charge in [0, 0.05) is 0 Å². The molecule has 19 heavy (non-hydrogen) atoms. The van der Waals surface area contributed by atoms with Crippen molar-refractivity contribution in [3.8, 4) is 0 Å². The van der Waals surface area contributed by atoms with E-state index in [0.29, 0.717) is 25.5 Å². The van der Waals surface area contributed by atoms with Crippen LogP contribution in [-0.4, -0.2) is 24.3 Å². The summed E-state index contributed by atoms with van der Waals surface area (Å²) < 4.78 is 5.11. The molecule has 2 unspecified atom stereocenters. The van der Waals surface area contributed by atoms with Crippen molar-refractivity contribution in [2.45, 2.75) is 38.0 Å². The SMILES string of the molecule is NC(C=O)CCCC(N)C(=O)OCc1ccccc1. The number of hydrogen-bond acceptors (Lipinski definition) is 5. The Morgan fingerprint density at radius 3 is 2.53 bits per heavy atom. The summed E-state index contributed by atoms with van der Waals surface area (Å²) in [5.41, 5.74) is 12.1. The summed E-state index contributed by atoms with van der Waals surface area (Å²) in [6, 6.07) is 8.26. The average Bonchev–Trinajstić information content (AvgIpc) is 2.45. The Bertz CT molecular complexity index is 395. The van der Waals surface area contributed by atoms with Crippen LogP contribution >= 0.6 is 0 Å². The van der Waals surface area contributed by atoms with Crippen LogP contribution in [-0.2, 0) is 20.9 Å². The Morgan fingerprint density at radius 1 is 1.21 bits per heavy atom. The number of esters is 1. The first-order chi connectivity index (χ1) is 9.13. The average molecular weight is 264 g/mol. The van der Waals surface area contributed by atoms with E-state index < -0.39 is 18.1 Å². The molecule has 0 aliphatic heterocycles. The fourth-order valence-corrected chi connectivity index (χ4v) is 1.60. The molecule has 0 heterocycles. The van der Waals surface area contributed by atoms with Gasteiger partial charge in [0.1, 0.15) is 18.9 Å². The maximum Gasteiger partial charge on any atom is 0.323 e. The molecule has 104 valence electrons. The summed E-state index contributed by atoms with van der Waals surface area (Å²) in [6.07, 6.45) is 2.32. The zero-order valence-corrected chi connectivity index (χ0v) is 10.8. The van der Waals surface area contributed by atoms with Crippen LogP contribution in [0.2, 0.25) is 0 Å². The van der Waals surface area contributed by atoms with Crippen LogP contribution in [0, 0.1) is 0 Å². The Kier molecular flexibility index (Phi) is 6.78. The van der Waals surface area contributed by atoms with Crippen LogP contribution in [0.25, 0.3) is 0 Å². The third-order valence-corrected chi connectivity index (χ3v) is 2.75. The number of ether oxygens (including phenoxy) is 1. The standard InChI is InChI=1S/C14H20N2O3/c15-12(9-17)7-4-8-13(16)14(18)19-10-11-5-2-1-3-6-11/h1-3,5-6,9,12-13H,4,7-8,10,15-16H2. The molecule has 0 saturated carbocycles. The lowest BCUT2D eigenvalue weighted by atomic mass is 10.1. The maximum atomic E-state index is 11.6. The van der Waals surface area contributed by atoms with Gasteiger partial charge in [-0.3, -0.25) is 4.79 Å². The molecule has 0 bridgehead atoms. The van der Waals surface area contributed by atoms with Crippen molar-refractivity contribution in [3.63, 3.8) is 0 Å². The summed E-state index contributed by atoms with van der Waals surface area (Å²) in [5.74, 6) is -0.427. The minimum Gasteiger partial charge on any atom is -0.460 e. The molecule has 0 aliphatic rings. The molecule has 2 atom stereocenters. The predicted molar refractivity (Wildman–Crippen MR) is 72.1 cm³/mol. The van der Waals surface area contributed by atoms with Crippen LogP contribution in [0.1, 0.15) is 24.8 Å². The highest BCUT2D eigenvalue weighted by molar-refractivity contribution is 5.75. The second-order valence-electron chi connectivity index (χ2n) is 4.43. The Balaban J connectivity index is 2.23. The smallest absolute Gasteiger partial charge is 0.323 e. The summed E-state index contributed by atoms with van der Waals surface area (Å²) in [4.78, 5) is 21.9. The van der Waals surface area contributed by atoms with E-state index in [2.05, 4.69) is 0 Å². The van der Waals surface area contributed by atoms with E-state index in [9.17, 15) is 9.59 Å². The largest absolute Gasteiger partial charge is 0.460 e. The van der Waals surface area contributed by atoms with Crippen molar-refractivity contribution in [2.24, 2.45) is 11.5 Å². The summed E-state index contributed by atoms with van der Waals surface area (Å²) in [5, 5.41) is 0. The van der Waals surface area contributed by atoms with Crippen LogP contribution in [0.3, 0.4) is 0 Å². The van der Waals surface area contributed by atoms with Crippen LogP contribution in [0.5, 0.6) is 0 Å². The predicted octanol–water partition coefficient (Wildman–Crippen LogP) is 0.754. The molecule has 4 N–H and O–H groups in total. The van der Waals surface area contributed by atoms with Gasteiger partial charge in [0.25, 0.3) is 0 Å². The molecule has 1 aromatic carbocycles. The fraction of sp³-hybridized carbons (Fsp3) is 0.429. The number of benzene rings is 1. The molecule has 0 amide bonds. The van der Waals surface area contributed by atoms with Gasteiger partial charge in [-0.1, -0.05) is 30.3 Å². The van der Waals surface area contributed by atoms with Gasteiger partial charge < -0.3 is 21.0 Å². The zero-order chi connectivity index (χ0) is 14.1. The lowest BCUT2D eigenvalue weighted by Crippen LogP contribution is -2.32. The van der Waals surface area contributed by atoms with E-state index in [1.165, 1.54) is 0 Å². The molecule has 0 fully saturated rings. The van der Waals surface area contributed by atoms with E-state index in [4.69, 9.17) is 16.2 Å². The van der Waals surface area contributed by atoms with Crippen LogP contribution in [0.4, 0.5) is 0 Å². The highest BCUT2D eigenvalue weighted by Gasteiger charge is 2.15. The topological polar surface area (TPSA) is 95.4 Å². The van der Waals surface area contributed by atoms with Gasteiger partial charge >= 0.3 is 5.97 Å². The van der Waals surface area contributed by atoms with Crippen molar-refractivity contribution < 1.29 is 14.3 Å². The number of hydrogen-bond donors (Lipinski definition) is 2. The number of carbonyl (C=O) groups is 2. The monoisotopic (exact) mass is 264 g/mol. The lowest BCUT2D eigenvalue weighted by molar-refractivity contribution is -0.146. The highest BCUT2D eigenvalue weighted by atomic mass is 16.5. The molecule has 0 saturated heterocycles. The molecule has 0 spiro atoms. The second kappa shape index (κ2) is 8.39. The summed E-state index contributed by atoms with van der Waals surface area (Å²) >= 11 is 0. The minimum atomic E-state index is -0.664. The van der Waals surface area contributed by atoms with Gasteiger partial charge in [-0.15, -0.1) is 0 Å². The number of carbonyl (C=O) groups excluding carboxylic acids is 2.